The maximum absolute atomic E-state index is 10.8. The fourth-order valence-corrected chi connectivity index (χ4v) is 1.30. The molecule has 1 aliphatic rings. The van der Waals surface area contributed by atoms with Crippen LogP contribution in [0.2, 0.25) is 0 Å². The summed E-state index contributed by atoms with van der Waals surface area (Å²) in [6.07, 6.45) is 6.73. The van der Waals surface area contributed by atoms with Crippen LogP contribution in [0.4, 0.5) is 0 Å². The average Bonchev–Trinajstić information content (AvgIpc) is 2.04. The van der Waals surface area contributed by atoms with Gasteiger partial charge in [-0.15, -0.1) is 0 Å². The molecule has 0 N–H and O–H groups in total. The lowest BCUT2D eigenvalue weighted by atomic mass is 10.0. The summed E-state index contributed by atoms with van der Waals surface area (Å²) in [7, 11) is 0. The van der Waals surface area contributed by atoms with Gasteiger partial charge in [0, 0.05) is 0 Å². The second kappa shape index (κ2) is 4.29. The number of ether oxygens (including phenoxy) is 1. The molecule has 1 aliphatic heterocycles. The van der Waals surface area contributed by atoms with E-state index in [1.54, 1.807) is 0 Å². The van der Waals surface area contributed by atoms with Gasteiger partial charge in [-0.05, 0) is 19.8 Å². The zero-order valence-electron chi connectivity index (χ0n) is 7.80. The summed E-state index contributed by atoms with van der Waals surface area (Å²) in [6, 6.07) is 0. The van der Waals surface area contributed by atoms with Crippen molar-refractivity contribution in [1.82, 2.24) is 0 Å². The highest BCUT2D eigenvalue weighted by Gasteiger charge is 2.30. The summed E-state index contributed by atoms with van der Waals surface area (Å²) in [5.41, 5.74) is 0.867. The van der Waals surface area contributed by atoms with Gasteiger partial charge in [0.1, 0.15) is 6.10 Å². The number of hydrogen-bond acceptors (Lipinski definition) is 2. The number of unbranched alkanes of at least 4 members (excludes halogenated alkanes) is 3. The van der Waals surface area contributed by atoms with E-state index in [9.17, 15) is 4.79 Å². The van der Waals surface area contributed by atoms with Gasteiger partial charge in [0.25, 0.3) is 0 Å². The summed E-state index contributed by atoms with van der Waals surface area (Å²) in [4.78, 5) is 10.8. The molecule has 2 nitrogen and oxygen atoms in total. The Balaban J connectivity index is 2.22. The first-order chi connectivity index (χ1) is 5.75. The van der Waals surface area contributed by atoms with E-state index in [2.05, 4.69) is 6.92 Å². The molecule has 2 heteroatoms. The van der Waals surface area contributed by atoms with Gasteiger partial charge in [0.15, 0.2) is 0 Å². The molecule has 0 amide bonds. The average molecular weight is 168 g/mol. The SMILES string of the molecule is CCCCC/C=C1\C(=O)OC1C. The quantitative estimate of drug-likeness (QED) is 0.366. The molecule has 0 aromatic heterocycles. The molecule has 1 atom stereocenters. The minimum atomic E-state index is -0.126. The molecular weight excluding hydrogens is 152 g/mol. The Labute approximate surface area is 73.6 Å². The maximum Gasteiger partial charge on any atom is 0.338 e. The summed E-state index contributed by atoms with van der Waals surface area (Å²) < 4.78 is 4.80. The van der Waals surface area contributed by atoms with Gasteiger partial charge in [0.05, 0.1) is 5.57 Å². The zero-order valence-corrected chi connectivity index (χ0v) is 7.80. The van der Waals surface area contributed by atoms with Crippen LogP contribution in [-0.4, -0.2) is 12.1 Å². The topological polar surface area (TPSA) is 26.3 Å². The second-order valence-electron chi connectivity index (χ2n) is 3.20. The number of carbonyl (C=O) groups excluding carboxylic acids is 1. The van der Waals surface area contributed by atoms with E-state index in [1.807, 2.05) is 13.0 Å². The van der Waals surface area contributed by atoms with Crippen LogP contribution in [-0.2, 0) is 9.53 Å². The Morgan fingerprint density at radius 2 is 2.25 bits per heavy atom. The molecule has 1 saturated heterocycles. The first kappa shape index (κ1) is 9.30. The van der Waals surface area contributed by atoms with Crippen molar-refractivity contribution in [3.8, 4) is 0 Å². The van der Waals surface area contributed by atoms with Crippen molar-refractivity contribution in [3.05, 3.63) is 11.6 Å². The van der Waals surface area contributed by atoms with Crippen molar-refractivity contribution in [3.63, 3.8) is 0 Å². The lowest BCUT2D eigenvalue weighted by Crippen LogP contribution is -2.33. The van der Waals surface area contributed by atoms with Crippen LogP contribution < -0.4 is 0 Å². The maximum atomic E-state index is 10.8. The molecule has 1 fully saturated rings. The van der Waals surface area contributed by atoms with Crippen LogP contribution in [0.1, 0.15) is 39.5 Å². The van der Waals surface area contributed by atoms with Gasteiger partial charge in [-0.3, -0.25) is 0 Å². The fourth-order valence-electron chi connectivity index (χ4n) is 1.30. The Kier molecular flexibility index (Phi) is 3.32. The van der Waals surface area contributed by atoms with E-state index in [4.69, 9.17) is 4.74 Å². The molecule has 0 aromatic carbocycles. The van der Waals surface area contributed by atoms with Crippen LogP contribution in [0, 0.1) is 0 Å². The van der Waals surface area contributed by atoms with E-state index < -0.39 is 0 Å². The lowest BCUT2D eigenvalue weighted by Gasteiger charge is -2.25. The first-order valence-electron chi connectivity index (χ1n) is 4.66. The molecule has 0 saturated carbocycles. The van der Waals surface area contributed by atoms with Gasteiger partial charge in [-0.2, -0.15) is 0 Å². The van der Waals surface area contributed by atoms with E-state index in [0.717, 1.165) is 12.0 Å². The van der Waals surface area contributed by atoms with E-state index in [0.29, 0.717) is 0 Å². The highest BCUT2D eigenvalue weighted by atomic mass is 16.6. The third kappa shape index (κ3) is 2.10. The third-order valence-electron chi connectivity index (χ3n) is 2.13. The van der Waals surface area contributed by atoms with Gasteiger partial charge in [-0.1, -0.05) is 25.8 Å². The molecule has 0 aliphatic carbocycles. The molecule has 0 radical (unpaired) electrons. The number of carbonyl (C=O) groups is 1. The van der Waals surface area contributed by atoms with Crippen LogP contribution in [0.15, 0.2) is 11.6 Å². The Hall–Kier alpha value is -0.790. The van der Waals surface area contributed by atoms with E-state index in [-0.39, 0.29) is 12.1 Å². The standard InChI is InChI=1S/C10H16O2/c1-3-4-5-6-7-9-8(2)12-10(9)11/h7-8H,3-6H2,1-2H3/b9-7-. The fraction of sp³-hybridized carbons (Fsp3) is 0.700. The lowest BCUT2D eigenvalue weighted by molar-refractivity contribution is -0.154. The molecule has 68 valence electrons. The normalized spacial score (nSPS) is 25.3. The zero-order chi connectivity index (χ0) is 8.97. The molecule has 1 heterocycles. The minimum Gasteiger partial charge on any atom is -0.454 e. The van der Waals surface area contributed by atoms with E-state index in [1.165, 1.54) is 19.3 Å². The number of hydrogen-bond donors (Lipinski definition) is 0. The first-order valence-corrected chi connectivity index (χ1v) is 4.66. The highest BCUT2D eigenvalue weighted by molar-refractivity contribution is 5.95. The predicted octanol–water partition coefficient (Wildman–Crippen LogP) is 2.44. The van der Waals surface area contributed by atoms with Crippen LogP contribution in [0.5, 0.6) is 0 Å². The van der Waals surface area contributed by atoms with Crippen molar-refractivity contribution in [2.45, 2.75) is 45.6 Å². The third-order valence-corrected chi connectivity index (χ3v) is 2.13. The summed E-state index contributed by atoms with van der Waals surface area (Å²) >= 11 is 0. The van der Waals surface area contributed by atoms with Gasteiger partial charge < -0.3 is 4.74 Å². The minimum absolute atomic E-state index is 0.0409. The highest BCUT2D eigenvalue weighted by Crippen LogP contribution is 2.21. The largest absolute Gasteiger partial charge is 0.454 e. The number of esters is 1. The summed E-state index contributed by atoms with van der Waals surface area (Å²) in [6.45, 7) is 4.08. The van der Waals surface area contributed by atoms with Crippen molar-refractivity contribution < 1.29 is 9.53 Å². The smallest absolute Gasteiger partial charge is 0.338 e. The second-order valence-corrected chi connectivity index (χ2v) is 3.20. The van der Waals surface area contributed by atoms with Gasteiger partial charge >= 0.3 is 5.97 Å². The van der Waals surface area contributed by atoms with Crippen molar-refractivity contribution in [2.75, 3.05) is 0 Å². The van der Waals surface area contributed by atoms with Crippen LogP contribution in [0.25, 0.3) is 0 Å². The number of allylic oxidation sites excluding steroid dienone is 1. The molecule has 0 bridgehead atoms. The van der Waals surface area contributed by atoms with Crippen molar-refractivity contribution in [1.29, 1.82) is 0 Å². The molecule has 1 rings (SSSR count). The Morgan fingerprint density at radius 1 is 1.50 bits per heavy atom. The molecular formula is C10H16O2. The van der Waals surface area contributed by atoms with Crippen molar-refractivity contribution >= 4 is 5.97 Å². The Bertz CT molecular complexity index is 194. The molecule has 0 spiro atoms. The Morgan fingerprint density at radius 3 is 2.75 bits per heavy atom. The molecule has 1 unspecified atom stereocenters. The molecule has 12 heavy (non-hydrogen) atoms. The molecule has 0 aromatic rings. The van der Waals surface area contributed by atoms with Crippen molar-refractivity contribution in [2.24, 2.45) is 0 Å². The van der Waals surface area contributed by atoms with E-state index >= 15 is 0 Å². The van der Waals surface area contributed by atoms with Gasteiger partial charge in [-0.25, -0.2) is 4.79 Å². The number of cyclic esters (lactones) is 1. The monoisotopic (exact) mass is 168 g/mol. The van der Waals surface area contributed by atoms with Crippen LogP contribution in [0.3, 0.4) is 0 Å². The predicted molar refractivity (Wildman–Crippen MR) is 47.8 cm³/mol. The summed E-state index contributed by atoms with van der Waals surface area (Å²) in [5.74, 6) is -0.126. The summed E-state index contributed by atoms with van der Waals surface area (Å²) in [5, 5.41) is 0. The van der Waals surface area contributed by atoms with Crippen LogP contribution >= 0.6 is 0 Å². The number of rotatable bonds is 4. The van der Waals surface area contributed by atoms with Gasteiger partial charge in [0.2, 0.25) is 0 Å².